The van der Waals surface area contributed by atoms with Crippen LogP contribution in [0.4, 0.5) is 10.2 Å². The fourth-order valence-corrected chi connectivity index (χ4v) is 4.39. The van der Waals surface area contributed by atoms with Gasteiger partial charge in [0.15, 0.2) is 0 Å². The minimum atomic E-state index is -0.418. The van der Waals surface area contributed by atoms with Gasteiger partial charge < -0.3 is 19.4 Å². The molecule has 1 aliphatic rings. The zero-order chi connectivity index (χ0) is 23.4. The Labute approximate surface area is 193 Å². The number of rotatable bonds is 8. The quantitative estimate of drug-likeness (QED) is 0.501. The summed E-state index contributed by atoms with van der Waals surface area (Å²) in [5, 5.41) is 4.04. The molecule has 0 atom stereocenters. The van der Waals surface area contributed by atoms with E-state index in [2.05, 4.69) is 20.2 Å². The van der Waals surface area contributed by atoms with Gasteiger partial charge in [0.05, 0.1) is 12.0 Å². The summed E-state index contributed by atoms with van der Waals surface area (Å²) in [5.74, 6) is 1.60. The lowest BCUT2D eigenvalue weighted by Crippen LogP contribution is -2.37. The normalized spacial score (nSPS) is 15.2. The van der Waals surface area contributed by atoms with Crippen molar-refractivity contribution >= 4 is 22.9 Å². The molecule has 0 unspecified atom stereocenters. The number of aromatic nitrogens is 2. The monoisotopic (exact) mass is 454 g/mol. The number of carbonyl (C=O) groups is 1. The Bertz CT molecular complexity index is 1110. The van der Waals surface area contributed by atoms with Crippen molar-refractivity contribution in [3.8, 4) is 0 Å². The first-order chi connectivity index (χ1) is 15.9. The number of ether oxygens (including phenoxy) is 1. The van der Waals surface area contributed by atoms with E-state index < -0.39 is 5.97 Å². The number of carbonyl (C=O) groups excluding carboxylic acids is 1. The number of nitrogens with zero attached hydrogens (tertiary/aromatic N) is 3. The van der Waals surface area contributed by atoms with Crippen molar-refractivity contribution in [3.05, 3.63) is 52.8 Å². The fourth-order valence-electron chi connectivity index (χ4n) is 4.39. The highest BCUT2D eigenvalue weighted by Gasteiger charge is 2.25. The number of hydrogen-bond acceptors (Lipinski definition) is 7. The third-order valence-corrected chi connectivity index (χ3v) is 6.21. The number of benzene rings is 1. The molecule has 0 aliphatic carbocycles. The first-order valence-electron chi connectivity index (χ1n) is 11.6. The van der Waals surface area contributed by atoms with Crippen LogP contribution in [0.1, 0.15) is 47.3 Å². The van der Waals surface area contributed by atoms with Gasteiger partial charge in [0.25, 0.3) is 0 Å². The predicted octanol–water partition coefficient (Wildman–Crippen LogP) is 4.52. The molecule has 3 heterocycles. The number of likely N-dealkylation sites (tertiary alicyclic amines) is 1. The zero-order valence-corrected chi connectivity index (χ0v) is 19.5. The molecule has 0 radical (unpaired) electrons. The second-order valence-electron chi connectivity index (χ2n) is 8.60. The van der Waals surface area contributed by atoms with Gasteiger partial charge in [0.2, 0.25) is 5.71 Å². The van der Waals surface area contributed by atoms with Gasteiger partial charge in [0, 0.05) is 13.1 Å². The van der Waals surface area contributed by atoms with Crippen molar-refractivity contribution in [2.45, 2.75) is 40.0 Å². The number of hydrogen-bond donors (Lipinski definition) is 1. The predicted molar refractivity (Wildman–Crippen MR) is 125 cm³/mol. The number of halogens is 1. The Kier molecular flexibility index (Phi) is 7.23. The van der Waals surface area contributed by atoms with Crippen molar-refractivity contribution in [1.82, 2.24) is 14.9 Å². The maximum atomic E-state index is 13.1. The van der Waals surface area contributed by atoms with Crippen LogP contribution in [0.25, 0.3) is 11.1 Å². The Morgan fingerprint density at radius 3 is 2.64 bits per heavy atom. The number of furan rings is 1. The number of nitrogens with one attached hydrogen (secondary N) is 1. The lowest BCUT2D eigenvalue weighted by atomic mass is 9.96. The van der Waals surface area contributed by atoms with Crippen LogP contribution in [0.3, 0.4) is 0 Å². The molecule has 8 heteroatoms. The second kappa shape index (κ2) is 10.3. The van der Waals surface area contributed by atoms with Crippen LogP contribution >= 0.6 is 0 Å². The summed E-state index contributed by atoms with van der Waals surface area (Å²) in [5.41, 5.74) is 1.96. The van der Waals surface area contributed by atoms with Crippen molar-refractivity contribution < 1.29 is 18.3 Å². The number of esters is 1. The van der Waals surface area contributed by atoms with Gasteiger partial charge in [-0.2, -0.15) is 4.98 Å². The van der Waals surface area contributed by atoms with Crippen LogP contribution in [0, 0.1) is 25.6 Å². The van der Waals surface area contributed by atoms with E-state index in [-0.39, 0.29) is 5.82 Å². The maximum Gasteiger partial charge on any atom is 0.342 e. The highest BCUT2D eigenvalue weighted by molar-refractivity contribution is 6.07. The Hall–Kier alpha value is -3.00. The molecule has 1 aromatic carbocycles. The summed E-state index contributed by atoms with van der Waals surface area (Å²) in [6, 6.07) is 6.76. The highest BCUT2D eigenvalue weighted by atomic mass is 19.1. The Morgan fingerprint density at radius 1 is 1.21 bits per heavy atom. The van der Waals surface area contributed by atoms with E-state index in [0.29, 0.717) is 46.6 Å². The molecular weight excluding hydrogens is 423 g/mol. The van der Waals surface area contributed by atoms with Crippen LogP contribution in [0.15, 0.2) is 28.7 Å². The molecule has 0 saturated carbocycles. The van der Waals surface area contributed by atoms with Gasteiger partial charge in [-0.25, -0.2) is 14.2 Å². The standard InChI is InChI=1S/C25H31FN4O3/c1-4-32-25(31)21-16(2)33-24-22(21)23(28-17(3)29-24)27-15-19-10-13-30(14-11-19)12-9-18-5-7-20(26)8-6-18/h5-8,19H,4,9-15H2,1-3H3,(H,27,28,29). The van der Waals surface area contributed by atoms with Crippen LogP contribution in [-0.4, -0.2) is 53.6 Å². The zero-order valence-electron chi connectivity index (χ0n) is 19.5. The highest BCUT2D eigenvalue weighted by Crippen LogP contribution is 2.31. The molecule has 1 fully saturated rings. The minimum Gasteiger partial charge on any atom is -0.462 e. The van der Waals surface area contributed by atoms with Crippen LogP contribution in [0.5, 0.6) is 0 Å². The van der Waals surface area contributed by atoms with E-state index in [1.165, 1.54) is 12.1 Å². The van der Waals surface area contributed by atoms with Crippen LogP contribution < -0.4 is 5.32 Å². The molecule has 176 valence electrons. The summed E-state index contributed by atoms with van der Waals surface area (Å²) in [4.78, 5) is 23.9. The first-order valence-corrected chi connectivity index (χ1v) is 11.6. The van der Waals surface area contributed by atoms with E-state index in [4.69, 9.17) is 9.15 Å². The number of aryl methyl sites for hydroxylation is 2. The molecule has 1 N–H and O–H groups in total. The summed E-state index contributed by atoms with van der Waals surface area (Å²) in [6.45, 7) is 9.44. The lowest BCUT2D eigenvalue weighted by Gasteiger charge is -2.32. The van der Waals surface area contributed by atoms with Gasteiger partial charge in [-0.05, 0) is 76.7 Å². The lowest BCUT2D eigenvalue weighted by molar-refractivity contribution is 0.0526. The second-order valence-corrected chi connectivity index (χ2v) is 8.60. The Morgan fingerprint density at radius 2 is 1.94 bits per heavy atom. The van der Waals surface area contributed by atoms with E-state index in [1.807, 2.05) is 19.1 Å². The van der Waals surface area contributed by atoms with Crippen LogP contribution in [-0.2, 0) is 11.2 Å². The van der Waals surface area contributed by atoms with E-state index in [1.54, 1.807) is 13.8 Å². The van der Waals surface area contributed by atoms with Gasteiger partial charge in [-0.1, -0.05) is 12.1 Å². The van der Waals surface area contributed by atoms with Gasteiger partial charge in [0.1, 0.15) is 28.8 Å². The summed E-state index contributed by atoms with van der Waals surface area (Å²) in [7, 11) is 0. The topological polar surface area (TPSA) is 80.5 Å². The first kappa shape index (κ1) is 23.2. The largest absolute Gasteiger partial charge is 0.462 e. The molecule has 1 saturated heterocycles. The number of fused-ring (bicyclic) bond motifs is 1. The van der Waals surface area contributed by atoms with E-state index in [9.17, 15) is 9.18 Å². The molecule has 4 rings (SSSR count). The van der Waals surface area contributed by atoms with Crippen molar-refractivity contribution in [1.29, 1.82) is 0 Å². The smallest absolute Gasteiger partial charge is 0.342 e. The molecule has 0 bridgehead atoms. The molecule has 2 aromatic heterocycles. The average molecular weight is 455 g/mol. The van der Waals surface area contributed by atoms with Crippen molar-refractivity contribution in [2.24, 2.45) is 5.92 Å². The fraction of sp³-hybridized carbons (Fsp3) is 0.480. The summed E-state index contributed by atoms with van der Waals surface area (Å²) < 4.78 is 24.0. The SMILES string of the molecule is CCOC(=O)c1c(C)oc2nc(C)nc(NCC3CCN(CCc4ccc(F)cc4)CC3)c12. The van der Waals surface area contributed by atoms with Crippen LogP contribution in [0.2, 0.25) is 0 Å². The minimum absolute atomic E-state index is 0.192. The maximum absolute atomic E-state index is 13.1. The van der Waals surface area contributed by atoms with Gasteiger partial charge in [-0.15, -0.1) is 0 Å². The summed E-state index contributed by atoms with van der Waals surface area (Å²) in [6.07, 6.45) is 3.09. The number of anilines is 1. The van der Waals surface area contributed by atoms with E-state index >= 15 is 0 Å². The average Bonchev–Trinajstić information content (AvgIpc) is 3.13. The molecule has 0 spiro atoms. The molecule has 0 amide bonds. The third-order valence-electron chi connectivity index (χ3n) is 6.21. The van der Waals surface area contributed by atoms with Gasteiger partial charge in [-0.3, -0.25) is 0 Å². The van der Waals surface area contributed by atoms with Gasteiger partial charge >= 0.3 is 5.97 Å². The Balaban J connectivity index is 1.36. The molecular formula is C25H31FN4O3. The molecule has 33 heavy (non-hydrogen) atoms. The molecule has 7 nitrogen and oxygen atoms in total. The van der Waals surface area contributed by atoms with E-state index in [0.717, 1.165) is 51.0 Å². The van der Waals surface area contributed by atoms with Crippen molar-refractivity contribution in [2.75, 3.05) is 38.1 Å². The molecule has 1 aliphatic heterocycles. The summed E-state index contributed by atoms with van der Waals surface area (Å²) >= 11 is 0. The number of piperidine rings is 1. The molecule has 3 aromatic rings. The third kappa shape index (κ3) is 5.50. The van der Waals surface area contributed by atoms with Crippen molar-refractivity contribution in [3.63, 3.8) is 0 Å².